The van der Waals surface area contributed by atoms with Gasteiger partial charge in [0, 0.05) is 11.9 Å². The van der Waals surface area contributed by atoms with Gasteiger partial charge in [0.2, 0.25) is 0 Å². The molecule has 0 spiro atoms. The van der Waals surface area contributed by atoms with Gasteiger partial charge in [-0.15, -0.1) is 0 Å². The van der Waals surface area contributed by atoms with Crippen LogP contribution in [0.5, 0.6) is 5.75 Å². The quantitative estimate of drug-likeness (QED) is 0.406. The number of aliphatic hydroxyl groups is 1. The molecule has 1 N–H and O–H groups in total. The summed E-state index contributed by atoms with van der Waals surface area (Å²) in [5.74, 6) is -1.37. The van der Waals surface area contributed by atoms with E-state index in [9.17, 15) is 14.7 Å². The fourth-order valence-corrected chi connectivity index (χ4v) is 3.72. The van der Waals surface area contributed by atoms with Gasteiger partial charge in [-0.25, -0.2) is 0 Å². The van der Waals surface area contributed by atoms with Crippen molar-refractivity contribution in [2.45, 2.75) is 13.0 Å². The predicted molar refractivity (Wildman–Crippen MR) is 113 cm³/mol. The number of aliphatic hydroxyl groups excluding tert-OH is 1. The molecule has 150 valence electrons. The summed E-state index contributed by atoms with van der Waals surface area (Å²) in [4.78, 5) is 32.0. The summed E-state index contributed by atoms with van der Waals surface area (Å²) in [5, 5.41) is 11.2. The second kappa shape index (κ2) is 7.83. The number of pyridine rings is 1. The second-order valence-electron chi connectivity index (χ2n) is 6.91. The monoisotopic (exact) mass is 400 g/mol. The van der Waals surface area contributed by atoms with Crippen molar-refractivity contribution in [2.75, 3.05) is 12.0 Å². The summed E-state index contributed by atoms with van der Waals surface area (Å²) in [7, 11) is 1.48. The summed E-state index contributed by atoms with van der Waals surface area (Å²) in [5.41, 5.74) is 2.22. The number of aromatic nitrogens is 1. The summed E-state index contributed by atoms with van der Waals surface area (Å²) in [6.45, 7) is 1.87. The molecule has 1 amide bonds. The minimum Gasteiger partial charge on any atom is -0.507 e. The number of Topliss-reactive ketones (excluding diaryl/α,β-unsaturated/α-hetero) is 1. The zero-order valence-electron chi connectivity index (χ0n) is 16.6. The Labute approximate surface area is 174 Å². The van der Waals surface area contributed by atoms with Gasteiger partial charge in [-0.2, -0.15) is 0 Å². The molecule has 1 unspecified atom stereocenters. The topological polar surface area (TPSA) is 79.7 Å². The van der Waals surface area contributed by atoms with Crippen LogP contribution in [0.15, 0.2) is 78.5 Å². The number of amides is 1. The Morgan fingerprint density at radius 1 is 1.00 bits per heavy atom. The van der Waals surface area contributed by atoms with Crippen LogP contribution in [0, 0.1) is 6.92 Å². The fourth-order valence-electron chi connectivity index (χ4n) is 3.72. The van der Waals surface area contributed by atoms with Crippen LogP contribution in [0.1, 0.15) is 22.9 Å². The Hall–Kier alpha value is -3.93. The third-order valence-corrected chi connectivity index (χ3v) is 5.15. The summed E-state index contributed by atoms with van der Waals surface area (Å²) in [6, 6.07) is 18.5. The molecule has 0 aliphatic carbocycles. The second-order valence-corrected chi connectivity index (χ2v) is 6.91. The number of ether oxygens (including phenoxy) is 1. The first-order valence-electron chi connectivity index (χ1n) is 9.45. The van der Waals surface area contributed by atoms with E-state index >= 15 is 0 Å². The van der Waals surface area contributed by atoms with E-state index < -0.39 is 17.7 Å². The van der Waals surface area contributed by atoms with Gasteiger partial charge in [-0.1, -0.05) is 36.4 Å². The van der Waals surface area contributed by atoms with Gasteiger partial charge in [-0.05, 0) is 42.8 Å². The van der Waals surface area contributed by atoms with Crippen LogP contribution >= 0.6 is 0 Å². The van der Waals surface area contributed by atoms with Crippen molar-refractivity contribution >= 4 is 23.1 Å². The Kier molecular flexibility index (Phi) is 5.06. The summed E-state index contributed by atoms with van der Waals surface area (Å²) < 4.78 is 5.34. The zero-order valence-corrected chi connectivity index (χ0v) is 16.6. The van der Waals surface area contributed by atoms with Crippen molar-refractivity contribution in [1.82, 2.24) is 4.98 Å². The van der Waals surface area contributed by atoms with Gasteiger partial charge in [-0.3, -0.25) is 19.5 Å². The summed E-state index contributed by atoms with van der Waals surface area (Å²) >= 11 is 0. The number of aryl methyl sites for hydroxylation is 1. The van der Waals surface area contributed by atoms with Crippen LogP contribution in [0.2, 0.25) is 0 Å². The average molecular weight is 400 g/mol. The van der Waals surface area contributed by atoms with Crippen molar-refractivity contribution in [1.29, 1.82) is 0 Å². The number of methoxy groups -OCH3 is 1. The highest BCUT2D eigenvalue weighted by atomic mass is 16.5. The van der Waals surface area contributed by atoms with Gasteiger partial charge < -0.3 is 9.84 Å². The van der Waals surface area contributed by atoms with Crippen LogP contribution in [-0.4, -0.2) is 28.9 Å². The molecule has 0 bridgehead atoms. The molecule has 1 fully saturated rings. The standard InChI is InChI=1S/C24H20N2O4/c1-15-9-3-5-12-18(15)26-21(17-11-7-8-14-25-17)20(23(28)24(26)29)22(27)16-10-4-6-13-19(16)30-2/h3-14,21,27H,1-2H3/b22-20-. The molecule has 6 nitrogen and oxygen atoms in total. The first-order valence-corrected chi connectivity index (χ1v) is 9.45. The Morgan fingerprint density at radius 2 is 1.70 bits per heavy atom. The van der Waals surface area contributed by atoms with E-state index in [2.05, 4.69) is 4.98 Å². The minimum atomic E-state index is -0.864. The maximum absolute atomic E-state index is 13.1. The number of ketones is 1. The van der Waals surface area contributed by atoms with E-state index in [1.54, 1.807) is 60.8 Å². The number of para-hydroxylation sites is 2. The van der Waals surface area contributed by atoms with Crippen molar-refractivity contribution in [2.24, 2.45) is 0 Å². The predicted octanol–water partition coefficient (Wildman–Crippen LogP) is 4.02. The number of rotatable bonds is 4. The van der Waals surface area contributed by atoms with Crippen LogP contribution in [0.3, 0.4) is 0 Å². The fraction of sp³-hybridized carbons (Fsp3) is 0.125. The molecule has 1 aliphatic heterocycles. The number of hydrogen-bond donors (Lipinski definition) is 1. The van der Waals surface area contributed by atoms with Gasteiger partial charge in [0.25, 0.3) is 11.7 Å². The lowest BCUT2D eigenvalue weighted by molar-refractivity contribution is -0.132. The lowest BCUT2D eigenvalue weighted by atomic mass is 9.97. The number of carbonyl (C=O) groups is 2. The van der Waals surface area contributed by atoms with E-state index in [4.69, 9.17) is 4.74 Å². The molecule has 1 aromatic heterocycles. The number of hydrogen-bond acceptors (Lipinski definition) is 5. The van der Waals surface area contributed by atoms with E-state index in [0.29, 0.717) is 22.7 Å². The van der Waals surface area contributed by atoms with Gasteiger partial charge in [0.05, 0.1) is 23.9 Å². The highest BCUT2D eigenvalue weighted by Crippen LogP contribution is 2.43. The lowest BCUT2D eigenvalue weighted by Crippen LogP contribution is -2.30. The molecule has 0 saturated carbocycles. The van der Waals surface area contributed by atoms with Crippen LogP contribution in [0.4, 0.5) is 5.69 Å². The zero-order chi connectivity index (χ0) is 21.3. The molecule has 1 saturated heterocycles. The molecule has 0 radical (unpaired) electrons. The minimum absolute atomic E-state index is 0.0218. The van der Waals surface area contributed by atoms with Crippen LogP contribution in [-0.2, 0) is 9.59 Å². The highest BCUT2D eigenvalue weighted by molar-refractivity contribution is 6.51. The Morgan fingerprint density at radius 3 is 2.40 bits per heavy atom. The normalized spacial score (nSPS) is 17.9. The van der Waals surface area contributed by atoms with E-state index in [0.717, 1.165) is 5.56 Å². The van der Waals surface area contributed by atoms with Crippen LogP contribution < -0.4 is 9.64 Å². The SMILES string of the molecule is COc1ccccc1/C(O)=C1/C(=O)C(=O)N(c2ccccc2C)C1c1ccccn1. The van der Waals surface area contributed by atoms with Crippen molar-refractivity contribution in [3.63, 3.8) is 0 Å². The largest absolute Gasteiger partial charge is 0.507 e. The van der Waals surface area contributed by atoms with Crippen molar-refractivity contribution < 1.29 is 19.4 Å². The first-order chi connectivity index (χ1) is 14.5. The molecule has 4 rings (SSSR count). The maximum Gasteiger partial charge on any atom is 0.300 e. The highest BCUT2D eigenvalue weighted by Gasteiger charge is 2.48. The Bertz CT molecular complexity index is 1150. The van der Waals surface area contributed by atoms with E-state index in [1.165, 1.54) is 12.0 Å². The van der Waals surface area contributed by atoms with Gasteiger partial charge in [0.1, 0.15) is 17.6 Å². The van der Waals surface area contributed by atoms with Crippen molar-refractivity contribution in [3.05, 3.63) is 95.3 Å². The van der Waals surface area contributed by atoms with E-state index in [-0.39, 0.29) is 11.3 Å². The third-order valence-electron chi connectivity index (χ3n) is 5.15. The van der Waals surface area contributed by atoms with Gasteiger partial charge >= 0.3 is 0 Å². The molecular weight excluding hydrogens is 380 g/mol. The number of anilines is 1. The molecule has 2 aromatic carbocycles. The Balaban J connectivity index is 1.99. The molecule has 3 aromatic rings. The summed E-state index contributed by atoms with van der Waals surface area (Å²) in [6.07, 6.45) is 1.59. The number of carbonyl (C=O) groups excluding carboxylic acids is 2. The third kappa shape index (κ3) is 3.12. The molecule has 1 aliphatic rings. The maximum atomic E-state index is 13.1. The van der Waals surface area contributed by atoms with E-state index in [1.807, 2.05) is 19.1 Å². The smallest absolute Gasteiger partial charge is 0.300 e. The number of nitrogens with zero attached hydrogens (tertiary/aromatic N) is 2. The number of benzene rings is 2. The molecular formula is C24H20N2O4. The van der Waals surface area contributed by atoms with Gasteiger partial charge in [0.15, 0.2) is 0 Å². The first kappa shape index (κ1) is 19.4. The lowest BCUT2D eigenvalue weighted by Gasteiger charge is -2.26. The molecule has 2 heterocycles. The molecule has 30 heavy (non-hydrogen) atoms. The van der Waals surface area contributed by atoms with Crippen LogP contribution in [0.25, 0.3) is 5.76 Å². The average Bonchev–Trinajstić information content (AvgIpc) is 3.05. The molecule has 1 atom stereocenters. The van der Waals surface area contributed by atoms with Crippen molar-refractivity contribution in [3.8, 4) is 5.75 Å². The molecule has 6 heteroatoms.